The minimum atomic E-state index is -4.86. The van der Waals surface area contributed by atoms with E-state index in [0.717, 1.165) is 24.8 Å². The highest BCUT2D eigenvalue weighted by Gasteiger charge is 2.50. The number of nitriles is 1. The monoisotopic (exact) mass is 531 g/mol. The zero-order valence-electron chi connectivity index (χ0n) is 18.9. The first kappa shape index (κ1) is 25.9. The topological polar surface area (TPSA) is 101 Å². The second-order valence-electron chi connectivity index (χ2n) is 8.99. The van der Waals surface area contributed by atoms with Gasteiger partial charge in [0.2, 0.25) is 10.0 Å². The molecule has 1 aliphatic rings. The van der Waals surface area contributed by atoms with Gasteiger partial charge in [-0.25, -0.2) is 13.4 Å². The fraction of sp³-hybridized carbons (Fsp3) is 0.409. The molecule has 7 nitrogen and oxygen atoms in total. The van der Waals surface area contributed by atoms with Crippen molar-refractivity contribution in [1.29, 1.82) is 5.26 Å². The summed E-state index contributed by atoms with van der Waals surface area (Å²) in [6.45, 7) is 1.34. The van der Waals surface area contributed by atoms with Crippen LogP contribution in [0.2, 0.25) is 0 Å². The Balaban J connectivity index is 1.83. The summed E-state index contributed by atoms with van der Waals surface area (Å²) in [5.74, 6) is 0. The molecule has 0 atom stereocenters. The maximum atomic E-state index is 13.3. The number of hydrogen-bond acceptors (Lipinski definition) is 5. The molecule has 1 saturated carbocycles. The number of fused-ring (bicyclic) bond motifs is 1. The molecule has 1 fully saturated rings. The number of hydrogen-bond donors (Lipinski definition) is 1. The van der Waals surface area contributed by atoms with Crippen LogP contribution in [0.4, 0.5) is 26.3 Å². The molecule has 3 aromatic rings. The lowest BCUT2D eigenvalue weighted by atomic mass is 9.92. The summed E-state index contributed by atoms with van der Waals surface area (Å²) in [6.07, 6.45) is -5.79. The summed E-state index contributed by atoms with van der Waals surface area (Å²) in [7, 11) is -4.62. The van der Waals surface area contributed by atoms with Crippen molar-refractivity contribution in [2.75, 3.05) is 0 Å². The second kappa shape index (κ2) is 8.45. The first-order valence-corrected chi connectivity index (χ1v) is 12.1. The maximum Gasteiger partial charge on any atom is 0.417 e. The summed E-state index contributed by atoms with van der Waals surface area (Å²) in [6, 6.07) is 4.81. The number of pyridine rings is 2. The molecule has 0 saturated heterocycles. The van der Waals surface area contributed by atoms with Gasteiger partial charge in [-0.2, -0.15) is 36.3 Å². The van der Waals surface area contributed by atoms with Gasteiger partial charge < -0.3 is 4.57 Å². The van der Waals surface area contributed by atoms with E-state index in [2.05, 4.69) is 9.97 Å². The van der Waals surface area contributed by atoms with Crippen LogP contribution in [0.5, 0.6) is 0 Å². The fourth-order valence-corrected chi connectivity index (χ4v) is 5.18. The molecule has 0 unspecified atom stereocenters. The Morgan fingerprint density at radius 1 is 1.08 bits per heavy atom. The first-order valence-electron chi connectivity index (χ1n) is 10.6. The normalized spacial score (nSPS) is 15.6. The molecule has 1 N–H and O–H groups in total. The molecule has 1 aliphatic carbocycles. The molecule has 0 radical (unpaired) electrons. The van der Waals surface area contributed by atoms with E-state index < -0.39 is 38.4 Å². The quantitative estimate of drug-likeness (QED) is 0.449. The van der Waals surface area contributed by atoms with E-state index in [-0.39, 0.29) is 34.0 Å². The minimum Gasteiger partial charge on any atom is -0.320 e. The van der Waals surface area contributed by atoms with Crippen LogP contribution in [0.15, 0.2) is 35.5 Å². The molecule has 14 heteroatoms. The van der Waals surface area contributed by atoms with Crippen LogP contribution >= 0.6 is 0 Å². The number of sulfonamides is 1. The number of rotatable bonds is 5. The Morgan fingerprint density at radius 3 is 2.22 bits per heavy atom. The second-order valence-corrected chi connectivity index (χ2v) is 10.7. The van der Waals surface area contributed by atoms with E-state index in [4.69, 9.17) is 0 Å². The van der Waals surface area contributed by atoms with Crippen LogP contribution in [0, 0.1) is 11.3 Å². The summed E-state index contributed by atoms with van der Waals surface area (Å²) < 4.78 is 108. The lowest BCUT2D eigenvalue weighted by molar-refractivity contribution is -0.180. The summed E-state index contributed by atoms with van der Waals surface area (Å²) in [5, 5.41) is 9.81. The van der Waals surface area contributed by atoms with Crippen molar-refractivity contribution in [1.82, 2.24) is 19.3 Å². The molecule has 3 aromatic heterocycles. The number of alkyl halides is 6. The van der Waals surface area contributed by atoms with Gasteiger partial charge in [-0.05, 0) is 51.3 Å². The summed E-state index contributed by atoms with van der Waals surface area (Å²) >= 11 is 0. The molecule has 192 valence electrons. The SMILES string of the molecule is CC(C)(NS(=O)(=O)c1ccc(-c2c(C#N)c3cc(C(F)(F)F)cnc3n2C2CCC2)nc1)C(F)(F)F. The molecule has 0 bridgehead atoms. The molecule has 0 aliphatic heterocycles. The van der Waals surface area contributed by atoms with Crippen LogP contribution in [-0.2, 0) is 16.2 Å². The van der Waals surface area contributed by atoms with E-state index >= 15 is 0 Å². The lowest BCUT2D eigenvalue weighted by Crippen LogP contribution is -2.54. The summed E-state index contributed by atoms with van der Waals surface area (Å²) in [5.41, 5.74) is -3.51. The van der Waals surface area contributed by atoms with Gasteiger partial charge in [0, 0.05) is 23.8 Å². The molecule has 0 aromatic carbocycles. The van der Waals surface area contributed by atoms with E-state index in [9.17, 15) is 40.0 Å². The molecule has 0 amide bonds. The molecule has 4 rings (SSSR count). The van der Waals surface area contributed by atoms with Gasteiger partial charge in [0.1, 0.15) is 22.2 Å². The summed E-state index contributed by atoms with van der Waals surface area (Å²) in [4.78, 5) is 7.49. The highest BCUT2D eigenvalue weighted by atomic mass is 32.2. The maximum absolute atomic E-state index is 13.3. The third kappa shape index (κ3) is 4.41. The first-order chi connectivity index (χ1) is 16.6. The molecule has 36 heavy (non-hydrogen) atoms. The number of nitrogens with one attached hydrogen (secondary N) is 1. The Kier molecular flexibility index (Phi) is 6.08. The van der Waals surface area contributed by atoms with Crippen molar-refractivity contribution in [3.8, 4) is 17.5 Å². The van der Waals surface area contributed by atoms with Crippen molar-refractivity contribution >= 4 is 21.1 Å². The van der Waals surface area contributed by atoms with E-state index in [1.54, 1.807) is 9.29 Å². The predicted molar refractivity (Wildman–Crippen MR) is 116 cm³/mol. The molecular weight excluding hydrogens is 512 g/mol. The number of halogens is 6. The van der Waals surface area contributed by atoms with Crippen molar-refractivity contribution in [2.45, 2.75) is 61.9 Å². The van der Waals surface area contributed by atoms with Gasteiger partial charge in [0.05, 0.1) is 22.5 Å². The van der Waals surface area contributed by atoms with Crippen LogP contribution < -0.4 is 4.72 Å². The zero-order valence-corrected chi connectivity index (χ0v) is 19.7. The van der Waals surface area contributed by atoms with Gasteiger partial charge in [-0.1, -0.05) is 0 Å². The van der Waals surface area contributed by atoms with Crippen LogP contribution in [-0.4, -0.2) is 34.7 Å². The van der Waals surface area contributed by atoms with Crippen molar-refractivity contribution in [2.24, 2.45) is 0 Å². The fourth-order valence-electron chi connectivity index (χ4n) is 3.84. The molecule has 3 heterocycles. The Morgan fingerprint density at radius 2 is 1.75 bits per heavy atom. The van der Waals surface area contributed by atoms with Gasteiger partial charge >= 0.3 is 12.4 Å². The smallest absolute Gasteiger partial charge is 0.320 e. The zero-order chi connectivity index (χ0) is 26.7. The van der Waals surface area contributed by atoms with E-state index in [1.165, 1.54) is 6.07 Å². The number of aromatic nitrogens is 3. The van der Waals surface area contributed by atoms with Crippen molar-refractivity contribution in [3.05, 3.63) is 41.7 Å². The van der Waals surface area contributed by atoms with Crippen molar-refractivity contribution < 1.29 is 34.8 Å². The minimum absolute atomic E-state index is 0.0266. The molecular formula is C22H19F6N5O2S. The lowest BCUT2D eigenvalue weighted by Gasteiger charge is -2.29. The van der Waals surface area contributed by atoms with Crippen molar-refractivity contribution in [3.63, 3.8) is 0 Å². The standard InChI is InChI=1S/C22H19F6N5O2S/c1-20(2,22(26,27)28)32-36(34,35)14-6-7-17(30-11-14)18-16(9-29)15-8-12(21(23,24)25)10-31-19(15)33(18)13-4-3-5-13/h6-8,10-11,13,32H,3-5H2,1-2H3. The average Bonchev–Trinajstić information content (AvgIpc) is 3.04. The third-order valence-electron chi connectivity index (χ3n) is 6.11. The van der Waals surface area contributed by atoms with Crippen LogP contribution in [0.1, 0.15) is 50.3 Å². The van der Waals surface area contributed by atoms with Gasteiger partial charge in [0.15, 0.2) is 0 Å². The number of nitrogens with zero attached hydrogens (tertiary/aromatic N) is 4. The van der Waals surface area contributed by atoms with Crippen LogP contribution in [0.25, 0.3) is 22.4 Å². The van der Waals surface area contributed by atoms with E-state index in [0.29, 0.717) is 32.9 Å². The predicted octanol–water partition coefficient (Wildman–Crippen LogP) is 5.33. The van der Waals surface area contributed by atoms with Gasteiger partial charge in [-0.15, -0.1) is 0 Å². The average molecular weight is 531 g/mol. The largest absolute Gasteiger partial charge is 0.417 e. The van der Waals surface area contributed by atoms with Gasteiger partial charge in [-0.3, -0.25) is 4.98 Å². The highest BCUT2D eigenvalue weighted by molar-refractivity contribution is 7.89. The molecule has 0 spiro atoms. The third-order valence-corrected chi connectivity index (χ3v) is 7.75. The Bertz CT molecular complexity index is 1460. The van der Waals surface area contributed by atoms with E-state index in [1.807, 2.05) is 6.07 Å². The van der Waals surface area contributed by atoms with Crippen LogP contribution in [0.3, 0.4) is 0 Å². The Hall–Kier alpha value is -3.18. The Labute approximate surface area is 201 Å². The highest BCUT2D eigenvalue weighted by Crippen LogP contribution is 2.43. The van der Waals surface area contributed by atoms with Gasteiger partial charge in [0.25, 0.3) is 0 Å².